The molecule has 12 rings (SSSR count). The number of furan rings is 2. The molecule has 9 aromatic carbocycles. The maximum atomic E-state index is 6.82. The molecule has 12 aromatic rings. The van der Waals surface area contributed by atoms with Crippen molar-refractivity contribution in [2.24, 2.45) is 0 Å². The number of benzene rings is 9. The summed E-state index contributed by atoms with van der Waals surface area (Å²) in [5, 5.41) is 7.97. The van der Waals surface area contributed by atoms with Gasteiger partial charge in [-0.15, -0.1) is 0 Å². The van der Waals surface area contributed by atoms with Crippen LogP contribution in [0.15, 0.2) is 234 Å². The summed E-state index contributed by atoms with van der Waals surface area (Å²) in [5.74, 6) is 0.778. The summed E-state index contributed by atoms with van der Waals surface area (Å²) in [6.45, 7) is 4.17. The number of hydrogen-bond donors (Lipinski definition) is 0. The van der Waals surface area contributed by atoms with E-state index in [1.165, 1.54) is 10.8 Å². The lowest BCUT2D eigenvalue weighted by Gasteiger charge is -2.29. The Morgan fingerprint density at radius 3 is 1.94 bits per heavy atom. The Hall–Kier alpha value is -8.34. The summed E-state index contributed by atoms with van der Waals surface area (Å²) in [6, 6.07) is 73.2. The third kappa shape index (κ3) is 5.76. The molecular formula is C58H38N2O2. The second kappa shape index (κ2) is 14.4. The number of allylic oxidation sites excluding steroid dienone is 2. The van der Waals surface area contributed by atoms with Crippen molar-refractivity contribution in [3.8, 4) is 16.8 Å². The molecule has 0 spiro atoms. The van der Waals surface area contributed by atoms with Crippen LogP contribution < -0.4 is 4.90 Å². The van der Waals surface area contributed by atoms with E-state index in [-0.39, 0.29) is 0 Å². The monoisotopic (exact) mass is 794 g/mol. The summed E-state index contributed by atoms with van der Waals surface area (Å²) in [6.07, 6.45) is 3.91. The van der Waals surface area contributed by atoms with Crippen molar-refractivity contribution in [2.45, 2.75) is 0 Å². The predicted molar refractivity (Wildman–Crippen MR) is 259 cm³/mol. The molecule has 0 aliphatic heterocycles. The van der Waals surface area contributed by atoms with E-state index in [0.29, 0.717) is 0 Å². The molecule has 0 unspecified atom stereocenters. The zero-order chi connectivity index (χ0) is 41.1. The van der Waals surface area contributed by atoms with Crippen molar-refractivity contribution in [2.75, 3.05) is 4.90 Å². The van der Waals surface area contributed by atoms with Crippen LogP contribution >= 0.6 is 0 Å². The fourth-order valence-electron chi connectivity index (χ4n) is 9.33. The van der Waals surface area contributed by atoms with Crippen LogP contribution in [0.2, 0.25) is 0 Å². The number of para-hydroxylation sites is 4. The minimum atomic E-state index is 0.778. The molecule has 292 valence electrons. The Balaban J connectivity index is 1.04. The number of hydrogen-bond acceptors (Lipinski definition) is 3. The molecule has 4 nitrogen and oxygen atoms in total. The molecule has 4 heteroatoms. The Bertz CT molecular complexity index is 3680. The fraction of sp³-hybridized carbons (Fsp3) is 0. The van der Waals surface area contributed by atoms with Crippen LogP contribution in [0.4, 0.5) is 17.1 Å². The average molecular weight is 795 g/mol. The lowest BCUT2D eigenvalue weighted by atomic mass is 9.98. The average Bonchev–Trinajstić information content (AvgIpc) is 4.04. The van der Waals surface area contributed by atoms with Crippen molar-refractivity contribution < 1.29 is 8.83 Å². The summed E-state index contributed by atoms with van der Waals surface area (Å²) >= 11 is 0. The van der Waals surface area contributed by atoms with E-state index >= 15 is 0 Å². The second-order valence-electron chi connectivity index (χ2n) is 15.7. The van der Waals surface area contributed by atoms with Gasteiger partial charge >= 0.3 is 0 Å². The van der Waals surface area contributed by atoms with E-state index < -0.39 is 0 Å². The van der Waals surface area contributed by atoms with Crippen molar-refractivity contribution in [1.82, 2.24) is 4.57 Å². The van der Waals surface area contributed by atoms with E-state index in [1.807, 2.05) is 18.2 Å². The van der Waals surface area contributed by atoms with Gasteiger partial charge in [0.2, 0.25) is 0 Å². The molecule has 0 atom stereocenters. The first-order chi connectivity index (χ1) is 30.7. The molecule has 0 saturated carbocycles. The van der Waals surface area contributed by atoms with E-state index in [0.717, 1.165) is 105 Å². The van der Waals surface area contributed by atoms with Crippen LogP contribution in [-0.4, -0.2) is 4.57 Å². The second-order valence-corrected chi connectivity index (χ2v) is 15.7. The van der Waals surface area contributed by atoms with Crippen LogP contribution in [0, 0.1) is 0 Å². The summed E-state index contributed by atoms with van der Waals surface area (Å²) in [7, 11) is 0. The third-order valence-corrected chi connectivity index (χ3v) is 12.2. The Morgan fingerprint density at radius 1 is 0.468 bits per heavy atom. The number of aromatic nitrogens is 1. The van der Waals surface area contributed by atoms with Gasteiger partial charge in [0.1, 0.15) is 22.5 Å². The zero-order valence-corrected chi connectivity index (χ0v) is 33.7. The van der Waals surface area contributed by atoms with Gasteiger partial charge < -0.3 is 18.3 Å². The smallest absolute Gasteiger partial charge is 0.142 e. The van der Waals surface area contributed by atoms with Gasteiger partial charge in [0.25, 0.3) is 0 Å². The van der Waals surface area contributed by atoms with Crippen LogP contribution in [-0.2, 0) is 0 Å². The molecule has 0 N–H and O–H groups in total. The molecule has 0 fully saturated rings. The third-order valence-electron chi connectivity index (χ3n) is 12.2. The topological polar surface area (TPSA) is 34.5 Å². The number of rotatable bonds is 8. The van der Waals surface area contributed by atoms with Crippen LogP contribution in [0.5, 0.6) is 0 Å². The molecule has 3 aromatic heterocycles. The zero-order valence-electron chi connectivity index (χ0n) is 33.7. The van der Waals surface area contributed by atoms with E-state index in [2.05, 4.69) is 216 Å². The maximum Gasteiger partial charge on any atom is 0.142 e. The minimum absolute atomic E-state index is 0.778. The minimum Gasteiger partial charge on any atom is -0.456 e. The quantitative estimate of drug-likeness (QED) is 0.144. The van der Waals surface area contributed by atoms with Gasteiger partial charge in [-0.3, -0.25) is 0 Å². The van der Waals surface area contributed by atoms with Crippen LogP contribution in [0.25, 0.3) is 87.9 Å². The Morgan fingerprint density at radius 2 is 1.13 bits per heavy atom. The number of nitrogens with zero attached hydrogens (tertiary/aromatic N) is 2. The summed E-state index contributed by atoms with van der Waals surface area (Å²) in [5.41, 5.74) is 13.3. The summed E-state index contributed by atoms with van der Waals surface area (Å²) < 4.78 is 15.4. The Labute approximate surface area is 358 Å². The highest BCUT2D eigenvalue weighted by molar-refractivity contribution is 6.10. The lowest BCUT2D eigenvalue weighted by molar-refractivity contribution is 0.603. The number of fused-ring (bicyclic) bond motifs is 9. The first kappa shape index (κ1) is 35.6. The highest BCUT2D eigenvalue weighted by atomic mass is 16.3. The maximum absolute atomic E-state index is 6.82. The first-order valence-electron chi connectivity index (χ1n) is 20.9. The SMILES string of the molecule is C=C/C=C(\c1cc2ccc3ccccc3c2o1)c1ccccc1N(c1ccc(-c2ccc3oc4ccccc4c3c2)cc1)c1cccc(-n2c3ccccc3c3ccccc32)c1. The standard InChI is InChI=1S/C58H38N2O2/c1-2-14-49(57-36-41-28-27-39-15-3-4-18-45(39)58(41)62-57)48-21-7-9-23-52(48)59(42-32-29-38(30-33-42)40-31-34-56-51(35-40)50-22-8-12-26-55(50)61-56)43-16-13-17-44(37-43)60-53-24-10-5-19-46(53)47-20-6-11-25-54(47)60/h2-37H,1H2/b49-14-. The highest BCUT2D eigenvalue weighted by Gasteiger charge is 2.22. The molecule has 0 saturated heterocycles. The number of anilines is 3. The van der Waals surface area contributed by atoms with Crippen molar-refractivity contribution in [3.63, 3.8) is 0 Å². The molecule has 0 radical (unpaired) electrons. The van der Waals surface area contributed by atoms with Gasteiger partial charge in [0.05, 0.1) is 16.7 Å². The van der Waals surface area contributed by atoms with Crippen molar-refractivity contribution in [3.05, 3.63) is 236 Å². The predicted octanol–water partition coefficient (Wildman–Crippen LogP) is 16.3. The fourth-order valence-corrected chi connectivity index (χ4v) is 9.33. The van der Waals surface area contributed by atoms with Crippen LogP contribution in [0.1, 0.15) is 11.3 Å². The Kier molecular flexibility index (Phi) is 8.29. The molecule has 0 aliphatic carbocycles. The highest BCUT2D eigenvalue weighted by Crippen LogP contribution is 2.44. The van der Waals surface area contributed by atoms with Gasteiger partial charge in [-0.2, -0.15) is 0 Å². The van der Waals surface area contributed by atoms with Gasteiger partial charge in [0, 0.05) is 60.5 Å². The van der Waals surface area contributed by atoms with Crippen LogP contribution in [0.3, 0.4) is 0 Å². The van der Waals surface area contributed by atoms with Gasteiger partial charge in [-0.05, 0) is 89.3 Å². The van der Waals surface area contributed by atoms with Crippen molar-refractivity contribution in [1.29, 1.82) is 0 Å². The normalized spacial score (nSPS) is 12.0. The molecule has 62 heavy (non-hydrogen) atoms. The molecule has 0 bridgehead atoms. The lowest BCUT2D eigenvalue weighted by Crippen LogP contribution is -2.12. The van der Waals surface area contributed by atoms with Gasteiger partial charge in [-0.1, -0.05) is 152 Å². The van der Waals surface area contributed by atoms with Gasteiger partial charge in [-0.25, -0.2) is 0 Å². The molecular weight excluding hydrogens is 757 g/mol. The largest absolute Gasteiger partial charge is 0.456 e. The van der Waals surface area contributed by atoms with E-state index in [9.17, 15) is 0 Å². The van der Waals surface area contributed by atoms with Crippen molar-refractivity contribution >= 4 is 88.1 Å². The van der Waals surface area contributed by atoms with E-state index in [1.54, 1.807) is 0 Å². The summed E-state index contributed by atoms with van der Waals surface area (Å²) in [4.78, 5) is 2.36. The van der Waals surface area contributed by atoms with Gasteiger partial charge in [0.15, 0.2) is 0 Å². The van der Waals surface area contributed by atoms with E-state index in [4.69, 9.17) is 8.83 Å². The molecule has 0 amide bonds. The molecule has 3 heterocycles. The molecule has 0 aliphatic rings. The first-order valence-corrected chi connectivity index (χ1v) is 20.9.